The molecule has 1 aromatic carbocycles. The minimum Gasteiger partial charge on any atom is -0.494 e. The van der Waals surface area contributed by atoms with Crippen molar-refractivity contribution in [3.05, 3.63) is 29.6 Å². The summed E-state index contributed by atoms with van der Waals surface area (Å²) in [5.74, 6) is 0.640. The van der Waals surface area contributed by atoms with Gasteiger partial charge in [0, 0.05) is 6.07 Å². The number of ether oxygens (including phenoxy) is 1. The van der Waals surface area contributed by atoms with Gasteiger partial charge in [0.2, 0.25) is 0 Å². The molecule has 86 valence electrons. The highest BCUT2D eigenvalue weighted by molar-refractivity contribution is 5.30. The van der Waals surface area contributed by atoms with Crippen molar-refractivity contribution in [2.24, 2.45) is 0 Å². The third-order valence-corrected chi connectivity index (χ3v) is 1.90. The Bertz CT molecular complexity index is 282. The van der Waals surface area contributed by atoms with E-state index in [4.69, 9.17) is 4.74 Å². The van der Waals surface area contributed by atoms with Crippen LogP contribution in [0.5, 0.6) is 5.75 Å². The first-order valence-electron chi connectivity index (χ1n) is 5.57. The second-order valence-corrected chi connectivity index (χ2v) is 3.27. The van der Waals surface area contributed by atoms with Gasteiger partial charge in [-0.15, -0.1) is 0 Å². The molecule has 15 heavy (non-hydrogen) atoms. The number of benzene rings is 1. The Morgan fingerprint density at radius 2 is 1.87 bits per heavy atom. The van der Waals surface area contributed by atoms with E-state index in [1.54, 1.807) is 6.07 Å². The third kappa shape index (κ3) is 4.32. The molecule has 0 saturated heterocycles. The zero-order valence-electron chi connectivity index (χ0n) is 10.3. The summed E-state index contributed by atoms with van der Waals surface area (Å²) in [6.07, 6.45) is 0. The maximum absolute atomic E-state index is 13.3. The fourth-order valence-corrected chi connectivity index (χ4v) is 1.23. The van der Waals surface area contributed by atoms with E-state index in [9.17, 15) is 4.39 Å². The lowest BCUT2D eigenvalue weighted by atomic mass is 10.0. The molecule has 0 saturated carbocycles. The molecule has 0 N–H and O–H groups in total. The number of hydrogen-bond donors (Lipinski definition) is 0. The Morgan fingerprint density at radius 1 is 1.27 bits per heavy atom. The van der Waals surface area contributed by atoms with Crippen LogP contribution in [0.2, 0.25) is 0 Å². The normalized spacial score (nSPS) is 9.53. The van der Waals surface area contributed by atoms with Crippen LogP contribution in [0.4, 0.5) is 4.39 Å². The lowest BCUT2D eigenvalue weighted by Crippen LogP contribution is -1.96. The Hall–Kier alpha value is -1.05. The minimum absolute atomic E-state index is 0.180. The van der Waals surface area contributed by atoms with Crippen LogP contribution in [-0.4, -0.2) is 6.61 Å². The zero-order valence-corrected chi connectivity index (χ0v) is 10.3. The van der Waals surface area contributed by atoms with Crippen LogP contribution in [0.1, 0.15) is 46.1 Å². The molecule has 0 amide bonds. The lowest BCUT2D eigenvalue weighted by Gasteiger charge is -2.08. The van der Waals surface area contributed by atoms with Crippen LogP contribution in [0, 0.1) is 5.82 Å². The van der Waals surface area contributed by atoms with Gasteiger partial charge >= 0.3 is 0 Å². The van der Waals surface area contributed by atoms with Gasteiger partial charge in [-0.1, -0.05) is 33.8 Å². The van der Waals surface area contributed by atoms with Crippen LogP contribution >= 0.6 is 0 Å². The van der Waals surface area contributed by atoms with Crippen LogP contribution in [-0.2, 0) is 0 Å². The van der Waals surface area contributed by atoms with E-state index in [0.29, 0.717) is 12.4 Å². The lowest BCUT2D eigenvalue weighted by molar-refractivity contribution is 0.338. The summed E-state index contributed by atoms with van der Waals surface area (Å²) >= 11 is 0. The molecule has 0 aliphatic heterocycles. The van der Waals surface area contributed by atoms with E-state index < -0.39 is 0 Å². The molecule has 0 radical (unpaired) electrons. The summed E-state index contributed by atoms with van der Waals surface area (Å²) in [7, 11) is 0. The molecule has 0 spiro atoms. The van der Waals surface area contributed by atoms with Crippen LogP contribution < -0.4 is 4.74 Å². The zero-order chi connectivity index (χ0) is 11.8. The smallest absolute Gasteiger partial charge is 0.130 e. The molecule has 0 heterocycles. The van der Waals surface area contributed by atoms with Gasteiger partial charge in [0.15, 0.2) is 0 Å². The summed E-state index contributed by atoms with van der Waals surface area (Å²) in [4.78, 5) is 0. The highest BCUT2D eigenvalue weighted by Gasteiger charge is 2.06. The van der Waals surface area contributed by atoms with Gasteiger partial charge in [-0.3, -0.25) is 0 Å². The average molecular weight is 212 g/mol. The Morgan fingerprint density at radius 3 is 2.27 bits per heavy atom. The second kappa shape index (κ2) is 7.27. The monoisotopic (exact) mass is 212 g/mol. The first-order chi connectivity index (χ1) is 7.15. The molecular weight excluding hydrogens is 191 g/mol. The van der Waals surface area contributed by atoms with E-state index in [1.807, 2.05) is 40.7 Å². The number of rotatable bonds is 3. The van der Waals surface area contributed by atoms with Crippen molar-refractivity contribution in [2.75, 3.05) is 6.61 Å². The minimum atomic E-state index is -0.180. The second-order valence-electron chi connectivity index (χ2n) is 3.27. The maximum atomic E-state index is 13.3. The highest BCUT2D eigenvalue weighted by atomic mass is 19.1. The molecular formula is C13H21FO. The van der Waals surface area contributed by atoms with Crippen molar-refractivity contribution in [1.29, 1.82) is 0 Å². The Kier molecular flexibility index (Phi) is 6.76. The summed E-state index contributed by atoms with van der Waals surface area (Å²) in [5.41, 5.74) is 0.739. The van der Waals surface area contributed by atoms with Gasteiger partial charge < -0.3 is 4.74 Å². The molecule has 0 fully saturated rings. The summed E-state index contributed by atoms with van der Waals surface area (Å²) in [5, 5.41) is 0. The fourth-order valence-electron chi connectivity index (χ4n) is 1.23. The number of hydrogen-bond acceptors (Lipinski definition) is 1. The van der Waals surface area contributed by atoms with E-state index in [1.165, 1.54) is 6.07 Å². The molecule has 1 aromatic rings. The fraction of sp³-hybridized carbons (Fsp3) is 0.538. The standard InChI is InChI=1S/C11H15FO.C2H6/c1-4-13-9-5-6-10(8(2)3)11(12)7-9;1-2/h5-8H,4H2,1-3H3;1-2H3. The van der Waals surface area contributed by atoms with Crippen molar-refractivity contribution >= 4 is 0 Å². The van der Waals surface area contributed by atoms with Crippen molar-refractivity contribution in [1.82, 2.24) is 0 Å². The molecule has 0 unspecified atom stereocenters. The van der Waals surface area contributed by atoms with E-state index in [-0.39, 0.29) is 11.7 Å². The SMILES string of the molecule is CC.CCOc1ccc(C(C)C)c(F)c1. The van der Waals surface area contributed by atoms with Gasteiger partial charge in [-0.2, -0.15) is 0 Å². The van der Waals surface area contributed by atoms with Crippen LogP contribution in [0.15, 0.2) is 18.2 Å². The van der Waals surface area contributed by atoms with Crippen molar-refractivity contribution in [3.8, 4) is 5.75 Å². The average Bonchev–Trinajstić information content (AvgIpc) is 2.21. The summed E-state index contributed by atoms with van der Waals surface area (Å²) in [6, 6.07) is 5.03. The molecule has 0 aliphatic carbocycles. The first-order valence-corrected chi connectivity index (χ1v) is 5.57. The summed E-state index contributed by atoms with van der Waals surface area (Å²) in [6.45, 7) is 10.4. The van der Waals surface area contributed by atoms with Gasteiger partial charge in [0.25, 0.3) is 0 Å². The highest BCUT2D eigenvalue weighted by Crippen LogP contribution is 2.22. The number of halogens is 1. The molecule has 0 bridgehead atoms. The predicted octanol–water partition coefficient (Wildman–Crippen LogP) is 4.37. The Labute approximate surface area is 92.3 Å². The molecule has 1 nitrogen and oxygen atoms in total. The molecule has 0 atom stereocenters. The molecule has 1 rings (SSSR count). The van der Waals surface area contributed by atoms with Gasteiger partial charge in [0.05, 0.1) is 6.61 Å². The molecule has 2 heteroatoms. The van der Waals surface area contributed by atoms with Gasteiger partial charge in [-0.05, 0) is 24.5 Å². The van der Waals surface area contributed by atoms with Crippen molar-refractivity contribution < 1.29 is 9.13 Å². The van der Waals surface area contributed by atoms with Gasteiger partial charge in [-0.25, -0.2) is 4.39 Å². The Balaban J connectivity index is 0.000000921. The molecule has 0 aromatic heterocycles. The van der Waals surface area contributed by atoms with Gasteiger partial charge in [0.1, 0.15) is 11.6 Å². The van der Waals surface area contributed by atoms with E-state index in [2.05, 4.69) is 0 Å². The third-order valence-electron chi connectivity index (χ3n) is 1.90. The summed E-state index contributed by atoms with van der Waals surface area (Å²) < 4.78 is 18.5. The van der Waals surface area contributed by atoms with Crippen LogP contribution in [0.3, 0.4) is 0 Å². The van der Waals surface area contributed by atoms with E-state index in [0.717, 1.165) is 5.56 Å². The van der Waals surface area contributed by atoms with E-state index >= 15 is 0 Å². The molecule has 0 aliphatic rings. The first kappa shape index (κ1) is 13.9. The van der Waals surface area contributed by atoms with Crippen molar-refractivity contribution in [2.45, 2.75) is 40.5 Å². The van der Waals surface area contributed by atoms with Crippen LogP contribution in [0.25, 0.3) is 0 Å². The maximum Gasteiger partial charge on any atom is 0.130 e. The topological polar surface area (TPSA) is 9.23 Å². The largest absolute Gasteiger partial charge is 0.494 e. The quantitative estimate of drug-likeness (QED) is 0.722. The van der Waals surface area contributed by atoms with Crippen molar-refractivity contribution in [3.63, 3.8) is 0 Å². The predicted molar refractivity (Wildman–Crippen MR) is 63.0 cm³/mol.